The minimum atomic E-state index is -0.554. The number of ether oxygens (including phenoxy) is 1. The van der Waals surface area contributed by atoms with E-state index in [1.165, 1.54) is 6.33 Å². The zero-order chi connectivity index (χ0) is 21.2. The number of pyridine rings is 1. The van der Waals surface area contributed by atoms with Crippen LogP contribution in [0.2, 0.25) is 0 Å². The van der Waals surface area contributed by atoms with Crippen LogP contribution in [0.5, 0.6) is 11.6 Å². The van der Waals surface area contributed by atoms with Gasteiger partial charge in [0, 0.05) is 17.0 Å². The van der Waals surface area contributed by atoms with E-state index in [2.05, 4.69) is 20.3 Å². The van der Waals surface area contributed by atoms with Gasteiger partial charge in [0.05, 0.1) is 16.1 Å². The first kappa shape index (κ1) is 18.4. The fraction of sp³-hybridized carbons (Fsp3) is 0. The molecule has 1 N–H and O–H groups in total. The van der Waals surface area contributed by atoms with Crippen molar-refractivity contribution in [1.29, 1.82) is 0 Å². The molecule has 150 valence electrons. The topological polar surface area (TPSA) is 103 Å². The first-order chi connectivity index (χ1) is 15.2. The van der Waals surface area contributed by atoms with Gasteiger partial charge < -0.3 is 10.1 Å². The van der Waals surface area contributed by atoms with Crippen LogP contribution in [0.15, 0.2) is 85.3 Å². The van der Waals surface area contributed by atoms with Crippen molar-refractivity contribution in [1.82, 2.24) is 15.0 Å². The molecule has 0 unspecified atom stereocenters. The zero-order valence-corrected chi connectivity index (χ0v) is 16.1. The normalized spacial score (nSPS) is 10.8. The lowest BCUT2D eigenvalue weighted by Gasteiger charge is -2.11. The molecule has 0 saturated heterocycles. The predicted octanol–water partition coefficient (Wildman–Crippen LogP) is 5.62. The monoisotopic (exact) mass is 409 g/mol. The standard InChI is InChI=1S/C23H15N5O3/c29-28(30)21-22(27-18-11-3-8-16-9-5-13-24-20(16)18)25-14-26-23(21)31-19-12-4-7-15-6-1-2-10-17(15)19/h1-14H,(H,25,26,27). The van der Waals surface area contributed by atoms with E-state index in [1.54, 1.807) is 18.3 Å². The van der Waals surface area contributed by atoms with Crippen molar-refractivity contribution in [2.24, 2.45) is 0 Å². The number of hydrogen-bond acceptors (Lipinski definition) is 7. The van der Waals surface area contributed by atoms with Crippen LogP contribution in [0.25, 0.3) is 21.7 Å². The first-order valence-electron chi connectivity index (χ1n) is 9.46. The lowest BCUT2D eigenvalue weighted by atomic mass is 10.1. The van der Waals surface area contributed by atoms with Crippen molar-refractivity contribution in [2.75, 3.05) is 5.32 Å². The second-order valence-corrected chi connectivity index (χ2v) is 6.72. The average Bonchev–Trinajstić information content (AvgIpc) is 2.79. The molecular formula is C23H15N5O3. The highest BCUT2D eigenvalue weighted by molar-refractivity contribution is 5.92. The van der Waals surface area contributed by atoms with Gasteiger partial charge in [0.1, 0.15) is 12.1 Å². The van der Waals surface area contributed by atoms with E-state index in [1.807, 2.05) is 60.7 Å². The van der Waals surface area contributed by atoms with Gasteiger partial charge in [-0.2, -0.15) is 4.98 Å². The summed E-state index contributed by atoms with van der Waals surface area (Å²) in [5.41, 5.74) is 0.911. The van der Waals surface area contributed by atoms with Crippen molar-refractivity contribution in [2.45, 2.75) is 0 Å². The number of nitrogens with one attached hydrogen (secondary N) is 1. The number of nitrogens with zero attached hydrogens (tertiary/aromatic N) is 4. The van der Waals surface area contributed by atoms with Crippen LogP contribution in [0.4, 0.5) is 17.2 Å². The first-order valence-corrected chi connectivity index (χ1v) is 9.46. The molecule has 0 aliphatic carbocycles. The maximum atomic E-state index is 11.9. The summed E-state index contributed by atoms with van der Waals surface area (Å²) in [6, 6.07) is 22.4. The van der Waals surface area contributed by atoms with Crippen LogP contribution < -0.4 is 10.1 Å². The number of benzene rings is 3. The lowest BCUT2D eigenvalue weighted by molar-refractivity contribution is -0.385. The van der Waals surface area contributed by atoms with Gasteiger partial charge in [-0.15, -0.1) is 0 Å². The van der Waals surface area contributed by atoms with Crippen molar-refractivity contribution in [3.8, 4) is 11.6 Å². The molecule has 0 aliphatic heterocycles. The average molecular weight is 409 g/mol. The minimum absolute atomic E-state index is 0.0217. The van der Waals surface area contributed by atoms with Gasteiger partial charge in [-0.3, -0.25) is 15.1 Å². The van der Waals surface area contributed by atoms with Gasteiger partial charge in [-0.1, -0.05) is 54.6 Å². The van der Waals surface area contributed by atoms with E-state index in [-0.39, 0.29) is 17.4 Å². The molecule has 2 heterocycles. The Labute approximate surface area is 176 Å². The molecule has 0 atom stereocenters. The van der Waals surface area contributed by atoms with Crippen molar-refractivity contribution >= 4 is 38.9 Å². The third kappa shape index (κ3) is 3.46. The Kier molecular flexibility index (Phi) is 4.57. The number of aromatic nitrogens is 3. The number of fused-ring (bicyclic) bond motifs is 2. The van der Waals surface area contributed by atoms with Crippen molar-refractivity contribution < 1.29 is 9.66 Å². The Bertz CT molecular complexity index is 1330. The highest BCUT2D eigenvalue weighted by Gasteiger charge is 2.26. The molecule has 31 heavy (non-hydrogen) atoms. The summed E-state index contributed by atoms with van der Waals surface area (Å²) >= 11 is 0. The van der Waals surface area contributed by atoms with Crippen LogP contribution in [-0.2, 0) is 0 Å². The number of rotatable bonds is 5. The summed E-state index contributed by atoms with van der Waals surface area (Å²) in [6.45, 7) is 0. The zero-order valence-electron chi connectivity index (χ0n) is 16.1. The maximum Gasteiger partial charge on any atom is 0.373 e. The minimum Gasteiger partial charge on any atom is -0.433 e. The predicted molar refractivity (Wildman–Crippen MR) is 118 cm³/mol. The third-order valence-corrected chi connectivity index (χ3v) is 4.81. The van der Waals surface area contributed by atoms with E-state index < -0.39 is 4.92 Å². The molecule has 2 aromatic heterocycles. The summed E-state index contributed by atoms with van der Waals surface area (Å²) in [5, 5.41) is 17.6. The Balaban J connectivity index is 1.59. The molecule has 0 saturated carbocycles. The van der Waals surface area contributed by atoms with Gasteiger partial charge >= 0.3 is 11.6 Å². The molecular weight excluding hydrogens is 394 g/mol. The van der Waals surface area contributed by atoms with Crippen LogP contribution in [0, 0.1) is 10.1 Å². The fourth-order valence-corrected chi connectivity index (χ4v) is 3.41. The van der Waals surface area contributed by atoms with Gasteiger partial charge in [-0.05, 0) is 23.6 Å². The van der Waals surface area contributed by atoms with Gasteiger partial charge in [0.2, 0.25) is 5.82 Å². The molecule has 8 heteroatoms. The smallest absolute Gasteiger partial charge is 0.373 e. The lowest BCUT2D eigenvalue weighted by Crippen LogP contribution is -2.04. The van der Waals surface area contributed by atoms with Gasteiger partial charge in [0.25, 0.3) is 0 Å². The van der Waals surface area contributed by atoms with E-state index in [4.69, 9.17) is 4.74 Å². The van der Waals surface area contributed by atoms with E-state index >= 15 is 0 Å². The molecule has 5 aromatic rings. The van der Waals surface area contributed by atoms with Crippen LogP contribution in [-0.4, -0.2) is 19.9 Å². The van der Waals surface area contributed by atoms with Crippen molar-refractivity contribution in [3.63, 3.8) is 0 Å². The third-order valence-electron chi connectivity index (χ3n) is 4.81. The Morgan fingerprint density at radius 1 is 0.839 bits per heavy atom. The van der Waals surface area contributed by atoms with Gasteiger partial charge in [-0.25, -0.2) is 4.98 Å². The van der Waals surface area contributed by atoms with E-state index in [0.29, 0.717) is 17.0 Å². The quantitative estimate of drug-likeness (QED) is 0.297. The van der Waals surface area contributed by atoms with Crippen LogP contribution in [0.1, 0.15) is 0 Å². The highest BCUT2D eigenvalue weighted by Crippen LogP contribution is 2.38. The summed E-state index contributed by atoms with van der Waals surface area (Å²) in [6.07, 6.45) is 2.89. The summed E-state index contributed by atoms with van der Waals surface area (Å²) in [4.78, 5) is 23.9. The molecule has 0 radical (unpaired) electrons. The molecule has 0 spiro atoms. The van der Waals surface area contributed by atoms with Crippen molar-refractivity contribution in [3.05, 3.63) is 95.4 Å². The molecule has 0 bridgehead atoms. The SMILES string of the molecule is O=[N+]([O-])c1c(Nc2cccc3cccnc23)ncnc1Oc1cccc2ccccc12. The number of hydrogen-bond donors (Lipinski definition) is 1. The van der Waals surface area contributed by atoms with E-state index in [0.717, 1.165) is 16.2 Å². The number of anilines is 2. The van der Waals surface area contributed by atoms with Crippen LogP contribution in [0.3, 0.4) is 0 Å². The molecule has 5 rings (SSSR count). The number of nitro groups is 1. The second-order valence-electron chi connectivity index (χ2n) is 6.72. The van der Waals surface area contributed by atoms with Gasteiger partial charge in [0.15, 0.2) is 0 Å². The summed E-state index contributed by atoms with van der Waals surface area (Å²) < 4.78 is 5.90. The largest absolute Gasteiger partial charge is 0.433 e. The van der Waals surface area contributed by atoms with E-state index in [9.17, 15) is 10.1 Å². The molecule has 0 aliphatic rings. The Hall–Kier alpha value is -4.59. The molecule has 0 amide bonds. The second kappa shape index (κ2) is 7.68. The summed E-state index contributed by atoms with van der Waals surface area (Å²) in [7, 11) is 0. The summed E-state index contributed by atoms with van der Waals surface area (Å²) in [5.74, 6) is 0.345. The number of para-hydroxylation sites is 1. The highest BCUT2D eigenvalue weighted by atomic mass is 16.6. The molecule has 0 fully saturated rings. The fourth-order valence-electron chi connectivity index (χ4n) is 3.41. The molecule has 8 nitrogen and oxygen atoms in total. The molecule has 3 aromatic carbocycles. The Morgan fingerprint density at radius 3 is 2.52 bits per heavy atom. The maximum absolute atomic E-state index is 11.9. The Morgan fingerprint density at radius 2 is 1.61 bits per heavy atom. The van der Waals surface area contributed by atoms with Crippen LogP contribution >= 0.6 is 0 Å².